The van der Waals surface area contributed by atoms with Crippen LogP contribution in [0.2, 0.25) is 0 Å². The molecule has 7 heteroatoms. The number of nitrogen functional groups attached to an aromatic ring is 1. The topological polar surface area (TPSA) is 98.3 Å². The molecule has 0 spiro atoms. The Bertz CT molecular complexity index is 671. The lowest BCUT2D eigenvalue weighted by Gasteiger charge is -2.07. The van der Waals surface area contributed by atoms with Crippen molar-refractivity contribution in [3.8, 4) is 0 Å². The van der Waals surface area contributed by atoms with Gasteiger partial charge in [0.25, 0.3) is 11.6 Å². The Hall–Kier alpha value is -2.96. The van der Waals surface area contributed by atoms with Crippen LogP contribution in [0.3, 0.4) is 0 Å². The quantitative estimate of drug-likeness (QED) is 0.511. The monoisotopic (exact) mass is 275 g/mol. The third-order valence-corrected chi connectivity index (χ3v) is 2.58. The fourth-order valence-corrected chi connectivity index (χ4v) is 1.57. The van der Waals surface area contributed by atoms with Crippen LogP contribution < -0.4 is 11.1 Å². The van der Waals surface area contributed by atoms with Crippen LogP contribution in [-0.2, 0) is 0 Å². The molecular formula is C13H10FN3O3. The third-order valence-electron chi connectivity index (χ3n) is 2.58. The molecule has 0 saturated heterocycles. The van der Waals surface area contributed by atoms with Crippen LogP contribution in [-0.4, -0.2) is 10.8 Å². The number of hydrogen-bond donors (Lipinski definition) is 2. The molecular weight excluding hydrogens is 265 g/mol. The Labute approximate surface area is 113 Å². The predicted molar refractivity (Wildman–Crippen MR) is 71.9 cm³/mol. The van der Waals surface area contributed by atoms with E-state index >= 15 is 0 Å². The normalized spacial score (nSPS) is 10.1. The smallest absolute Gasteiger partial charge is 0.269 e. The van der Waals surface area contributed by atoms with Crippen LogP contribution in [0.4, 0.5) is 21.5 Å². The number of nitrogens with one attached hydrogen (secondary N) is 1. The standard InChI is InChI=1S/C13H10FN3O3/c14-11-6-3-9(15)7-12(11)16-13(18)8-1-4-10(5-2-8)17(19)20/h1-7H,15H2,(H,16,18). The zero-order valence-electron chi connectivity index (χ0n) is 10.2. The van der Waals surface area contributed by atoms with Gasteiger partial charge in [0, 0.05) is 23.4 Å². The molecule has 0 atom stereocenters. The second-order valence-corrected chi connectivity index (χ2v) is 4.00. The van der Waals surface area contributed by atoms with Crippen LogP contribution in [0.25, 0.3) is 0 Å². The Morgan fingerprint density at radius 3 is 2.45 bits per heavy atom. The predicted octanol–water partition coefficient (Wildman–Crippen LogP) is 2.57. The maximum absolute atomic E-state index is 13.5. The fourth-order valence-electron chi connectivity index (χ4n) is 1.57. The first-order valence-corrected chi connectivity index (χ1v) is 5.58. The van der Waals surface area contributed by atoms with E-state index in [0.717, 1.165) is 6.07 Å². The molecule has 0 aliphatic rings. The van der Waals surface area contributed by atoms with E-state index in [1.54, 1.807) is 0 Å². The van der Waals surface area contributed by atoms with Gasteiger partial charge in [-0.1, -0.05) is 0 Å². The van der Waals surface area contributed by atoms with Gasteiger partial charge in [-0.3, -0.25) is 14.9 Å². The van der Waals surface area contributed by atoms with Gasteiger partial charge in [-0.05, 0) is 30.3 Å². The molecule has 1 amide bonds. The van der Waals surface area contributed by atoms with Crippen molar-refractivity contribution in [2.24, 2.45) is 0 Å². The van der Waals surface area contributed by atoms with Crippen molar-refractivity contribution in [1.82, 2.24) is 0 Å². The number of nitrogens with two attached hydrogens (primary N) is 1. The summed E-state index contributed by atoms with van der Waals surface area (Å²) in [5.74, 6) is -1.20. The Morgan fingerprint density at radius 2 is 1.85 bits per heavy atom. The number of non-ortho nitro benzene ring substituents is 1. The summed E-state index contributed by atoms with van der Waals surface area (Å²) in [5.41, 5.74) is 5.81. The molecule has 0 saturated carbocycles. The summed E-state index contributed by atoms with van der Waals surface area (Å²) in [5, 5.41) is 12.8. The minimum Gasteiger partial charge on any atom is -0.399 e. The zero-order valence-corrected chi connectivity index (χ0v) is 10.2. The maximum Gasteiger partial charge on any atom is 0.269 e. The van der Waals surface area contributed by atoms with Gasteiger partial charge in [-0.25, -0.2) is 4.39 Å². The number of hydrogen-bond acceptors (Lipinski definition) is 4. The molecule has 6 nitrogen and oxygen atoms in total. The van der Waals surface area contributed by atoms with E-state index in [1.165, 1.54) is 36.4 Å². The van der Waals surface area contributed by atoms with Gasteiger partial charge in [0.05, 0.1) is 10.6 Å². The molecule has 0 aromatic heterocycles. The van der Waals surface area contributed by atoms with Gasteiger partial charge in [0.2, 0.25) is 0 Å². The average molecular weight is 275 g/mol. The molecule has 102 valence electrons. The SMILES string of the molecule is Nc1ccc(F)c(NC(=O)c2ccc([N+](=O)[O-])cc2)c1. The molecule has 0 heterocycles. The summed E-state index contributed by atoms with van der Waals surface area (Å²) in [6, 6.07) is 8.78. The number of benzene rings is 2. The Kier molecular flexibility index (Phi) is 3.60. The van der Waals surface area contributed by atoms with Crippen LogP contribution in [0.1, 0.15) is 10.4 Å². The lowest BCUT2D eigenvalue weighted by atomic mass is 10.2. The van der Waals surface area contributed by atoms with Crippen molar-refractivity contribution in [2.45, 2.75) is 0 Å². The van der Waals surface area contributed by atoms with Gasteiger partial charge in [-0.15, -0.1) is 0 Å². The first-order chi connectivity index (χ1) is 9.47. The molecule has 2 aromatic rings. The van der Waals surface area contributed by atoms with Crippen LogP contribution >= 0.6 is 0 Å². The van der Waals surface area contributed by atoms with Gasteiger partial charge < -0.3 is 11.1 Å². The van der Waals surface area contributed by atoms with Crippen molar-refractivity contribution >= 4 is 23.0 Å². The highest BCUT2D eigenvalue weighted by Gasteiger charge is 2.11. The van der Waals surface area contributed by atoms with E-state index in [0.29, 0.717) is 5.69 Å². The molecule has 3 N–H and O–H groups in total. The highest BCUT2D eigenvalue weighted by Crippen LogP contribution is 2.19. The number of carbonyl (C=O) groups is 1. The molecule has 2 aromatic carbocycles. The highest BCUT2D eigenvalue weighted by molar-refractivity contribution is 6.04. The van der Waals surface area contributed by atoms with Crippen molar-refractivity contribution < 1.29 is 14.1 Å². The van der Waals surface area contributed by atoms with Crippen LogP contribution in [0, 0.1) is 15.9 Å². The van der Waals surface area contributed by atoms with Gasteiger partial charge >= 0.3 is 0 Å². The van der Waals surface area contributed by atoms with E-state index in [9.17, 15) is 19.3 Å². The summed E-state index contributed by atoms with van der Waals surface area (Å²) < 4.78 is 13.5. The summed E-state index contributed by atoms with van der Waals surface area (Å²) >= 11 is 0. The maximum atomic E-state index is 13.5. The minimum absolute atomic E-state index is 0.0478. The van der Waals surface area contributed by atoms with E-state index in [2.05, 4.69) is 5.32 Å². The van der Waals surface area contributed by atoms with E-state index in [4.69, 9.17) is 5.73 Å². The molecule has 0 bridgehead atoms. The lowest BCUT2D eigenvalue weighted by molar-refractivity contribution is -0.384. The molecule has 0 aliphatic heterocycles. The second-order valence-electron chi connectivity index (χ2n) is 4.00. The summed E-state index contributed by atoms with van der Waals surface area (Å²) in [6.45, 7) is 0. The number of nitro groups is 1. The number of anilines is 2. The van der Waals surface area contributed by atoms with E-state index in [1.807, 2.05) is 0 Å². The fraction of sp³-hybridized carbons (Fsp3) is 0. The number of amides is 1. The molecule has 0 unspecified atom stereocenters. The highest BCUT2D eigenvalue weighted by atomic mass is 19.1. The Balaban J connectivity index is 2.19. The number of halogens is 1. The van der Waals surface area contributed by atoms with Crippen LogP contribution in [0.5, 0.6) is 0 Å². The molecule has 2 rings (SSSR count). The molecule has 0 aliphatic carbocycles. The molecule has 20 heavy (non-hydrogen) atoms. The average Bonchev–Trinajstić information content (AvgIpc) is 2.43. The largest absolute Gasteiger partial charge is 0.399 e. The molecule has 0 fully saturated rings. The van der Waals surface area contributed by atoms with Crippen molar-refractivity contribution in [2.75, 3.05) is 11.1 Å². The first-order valence-electron chi connectivity index (χ1n) is 5.58. The number of carbonyl (C=O) groups excluding carboxylic acids is 1. The summed E-state index contributed by atoms with van der Waals surface area (Å²) in [4.78, 5) is 21.8. The summed E-state index contributed by atoms with van der Waals surface area (Å²) in [6.07, 6.45) is 0. The van der Waals surface area contributed by atoms with Crippen molar-refractivity contribution in [3.63, 3.8) is 0 Å². The van der Waals surface area contributed by atoms with Crippen molar-refractivity contribution in [3.05, 3.63) is 64.0 Å². The molecule has 0 radical (unpaired) electrons. The number of rotatable bonds is 3. The van der Waals surface area contributed by atoms with Gasteiger partial charge in [-0.2, -0.15) is 0 Å². The number of nitro benzene ring substituents is 1. The van der Waals surface area contributed by atoms with Crippen molar-refractivity contribution in [1.29, 1.82) is 0 Å². The Morgan fingerprint density at radius 1 is 1.20 bits per heavy atom. The van der Waals surface area contributed by atoms with Gasteiger partial charge in [0.15, 0.2) is 0 Å². The van der Waals surface area contributed by atoms with E-state index in [-0.39, 0.29) is 16.9 Å². The second kappa shape index (κ2) is 5.35. The minimum atomic E-state index is -0.616. The van der Waals surface area contributed by atoms with E-state index < -0.39 is 16.6 Å². The first kappa shape index (κ1) is 13.5. The summed E-state index contributed by atoms with van der Waals surface area (Å²) in [7, 11) is 0. The number of nitrogens with zero attached hydrogens (tertiary/aromatic N) is 1. The zero-order chi connectivity index (χ0) is 14.7. The van der Waals surface area contributed by atoms with Gasteiger partial charge in [0.1, 0.15) is 5.82 Å². The lowest BCUT2D eigenvalue weighted by Crippen LogP contribution is -2.13. The third kappa shape index (κ3) is 2.89. The van der Waals surface area contributed by atoms with Crippen LogP contribution in [0.15, 0.2) is 42.5 Å².